The van der Waals surface area contributed by atoms with Crippen LogP contribution in [0.1, 0.15) is 21.8 Å². The Morgan fingerprint density at radius 2 is 2.12 bits per heavy atom. The van der Waals surface area contributed by atoms with E-state index >= 15 is 0 Å². The molecule has 7 nitrogen and oxygen atoms in total. The van der Waals surface area contributed by atoms with E-state index in [0.29, 0.717) is 39.7 Å². The first-order chi connectivity index (χ1) is 11.6. The van der Waals surface area contributed by atoms with Crippen LogP contribution in [0.15, 0.2) is 41.1 Å². The van der Waals surface area contributed by atoms with Crippen molar-refractivity contribution >= 4 is 5.97 Å². The van der Waals surface area contributed by atoms with Crippen molar-refractivity contribution in [3.05, 3.63) is 53.5 Å². The summed E-state index contributed by atoms with van der Waals surface area (Å²) in [4.78, 5) is 19.8. The minimum absolute atomic E-state index is 0.346. The van der Waals surface area contributed by atoms with Crippen LogP contribution in [-0.2, 0) is 4.74 Å². The van der Waals surface area contributed by atoms with Crippen molar-refractivity contribution in [3.63, 3.8) is 0 Å². The number of hydrogen-bond donors (Lipinski definition) is 0. The van der Waals surface area contributed by atoms with Crippen molar-refractivity contribution in [2.45, 2.75) is 6.92 Å². The molecule has 0 unspecified atom stereocenters. The van der Waals surface area contributed by atoms with Crippen molar-refractivity contribution in [3.8, 4) is 28.7 Å². The molecule has 2 heterocycles. The van der Waals surface area contributed by atoms with Gasteiger partial charge in [-0.15, -0.1) is 0 Å². The Bertz CT molecular complexity index is 939. The van der Waals surface area contributed by atoms with Crippen molar-refractivity contribution in [1.82, 2.24) is 15.1 Å². The second kappa shape index (κ2) is 6.30. The van der Waals surface area contributed by atoms with E-state index in [1.165, 1.54) is 13.3 Å². The van der Waals surface area contributed by atoms with Crippen LogP contribution in [0.5, 0.6) is 0 Å². The third-order valence-electron chi connectivity index (χ3n) is 3.39. The molecule has 3 rings (SSSR count). The molecule has 0 saturated carbocycles. The number of carbonyl (C=O) groups is 1. The highest BCUT2D eigenvalue weighted by atomic mass is 16.5. The van der Waals surface area contributed by atoms with E-state index in [-0.39, 0.29) is 0 Å². The first-order valence-corrected chi connectivity index (χ1v) is 7.02. The molecule has 0 spiro atoms. The van der Waals surface area contributed by atoms with Gasteiger partial charge >= 0.3 is 5.97 Å². The lowest BCUT2D eigenvalue weighted by Crippen LogP contribution is -2.01. The maximum atomic E-state index is 11.5. The summed E-state index contributed by atoms with van der Waals surface area (Å²) in [6.07, 6.45) is 1.42. The van der Waals surface area contributed by atoms with Gasteiger partial charge in [0.25, 0.3) is 0 Å². The largest absolute Gasteiger partial charge is 0.465 e. The smallest absolute Gasteiger partial charge is 0.339 e. The fraction of sp³-hybridized carbons (Fsp3) is 0.118. The summed E-state index contributed by atoms with van der Waals surface area (Å²) in [6.45, 7) is 1.70. The Morgan fingerprint density at radius 3 is 2.71 bits per heavy atom. The fourth-order valence-electron chi connectivity index (χ4n) is 2.21. The van der Waals surface area contributed by atoms with Gasteiger partial charge in [0.15, 0.2) is 0 Å². The number of aryl methyl sites for hydroxylation is 1. The van der Waals surface area contributed by atoms with Gasteiger partial charge < -0.3 is 9.26 Å². The Hall–Kier alpha value is -3.53. The van der Waals surface area contributed by atoms with Crippen LogP contribution in [-0.4, -0.2) is 28.2 Å². The fourth-order valence-corrected chi connectivity index (χ4v) is 2.21. The predicted octanol–water partition coefficient (Wildman–Crippen LogP) is 2.77. The second-order valence-electron chi connectivity index (χ2n) is 4.93. The van der Waals surface area contributed by atoms with Gasteiger partial charge in [-0.2, -0.15) is 10.2 Å². The molecule has 1 aromatic carbocycles. The van der Waals surface area contributed by atoms with Crippen molar-refractivity contribution in [1.29, 1.82) is 5.26 Å². The van der Waals surface area contributed by atoms with E-state index in [4.69, 9.17) is 4.52 Å². The van der Waals surface area contributed by atoms with Gasteiger partial charge in [0.1, 0.15) is 0 Å². The Morgan fingerprint density at radius 1 is 1.29 bits per heavy atom. The molecule has 0 radical (unpaired) electrons. The normalized spacial score (nSPS) is 10.2. The number of methoxy groups -OCH3 is 1. The third-order valence-corrected chi connectivity index (χ3v) is 3.39. The lowest BCUT2D eigenvalue weighted by atomic mass is 10.0. The lowest BCUT2D eigenvalue weighted by Gasteiger charge is -2.06. The molecule has 0 N–H and O–H groups in total. The zero-order valence-corrected chi connectivity index (χ0v) is 13.0. The summed E-state index contributed by atoms with van der Waals surface area (Å²) < 4.78 is 9.59. The Labute approximate surface area is 137 Å². The molecule has 0 aliphatic heterocycles. The average Bonchev–Trinajstić information content (AvgIpc) is 3.07. The van der Waals surface area contributed by atoms with E-state index in [1.807, 2.05) is 0 Å². The first kappa shape index (κ1) is 15.4. The number of ether oxygens (including phenoxy) is 1. The van der Waals surface area contributed by atoms with Crippen LogP contribution in [0.3, 0.4) is 0 Å². The molecule has 7 heteroatoms. The molecule has 0 atom stereocenters. The first-order valence-electron chi connectivity index (χ1n) is 7.02. The number of nitriles is 1. The van der Waals surface area contributed by atoms with E-state index in [0.717, 1.165) is 0 Å². The van der Waals surface area contributed by atoms with E-state index in [1.54, 1.807) is 37.3 Å². The summed E-state index contributed by atoms with van der Waals surface area (Å²) in [7, 11) is 1.31. The van der Waals surface area contributed by atoms with Crippen LogP contribution < -0.4 is 0 Å². The van der Waals surface area contributed by atoms with Crippen LogP contribution in [0.4, 0.5) is 0 Å². The molecule has 2 aromatic heterocycles. The highest BCUT2D eigenvalue weighted by Crippen LogP contribution is 2.26. The van der Waals surface area contributed by atoms with E-state index in [2.05, 4.69) is 25.9 Å². The van der Waals surface area contributed by atoms with Crippen LogP contribution in [0.2, 0.25) is 0 Å². The quantitative estimate of drug-likeness (QED) is 0.684. The zero-order valence-electron chi connectivity index (χ0n) is 13.0. The Kier molecular flexibility index (Phi) is 4.03. The van der Waals surface area contributed by atoms with Gasteiger partial charge in [-0.3, -0.25) is 4.98 Å². The minimum Gasteiger partial charge on any atom is -0.465 e. The molecule has 0 aliphatic rings. The third kappa shape index (κ3) is 2.85. The topological polar surface area (TPSA) is 102 Å². The number of benzene rings is 1. The number of pyridine rings is 1. The van der Waals surface area contributed by atoms with E-state index in [9.17, 15) is 10.1 Å². The second-order valence-corrected chi connectivity index (χ2v) is 4.93. The Balaban J connectivity index is 1.99. The van der Waals surface area contributed by atoms with Crippen molar-refractivity contribution in [2.75, 3.05) is 7.11 Å². The average molecular weight is 320 g/mol. The van der Waals surface area contributed by atoms with Crippen molar-refractivity contribution < 1.29 is 14.1 Å². The molecule has 24 heavy (non-hydrogen) atoms. The maximum absolute atomic E-state index is 11.5. The summed E-state index contributed by atoms with van der Waals surface area (Å²) >= 11 is 0. The number of rotatable bonds is 3. The molecule has 118 valence electrons. The summed E-state index contributed by atoms with van der Waals surface area (Å²) in [5.74, 6) is 0.412. The molecule has 0 aliphatic carbocycles. The molecular formula is C17H12N4O3. The van der Waals surface area contributed by atoms with Crippen LogP contribution >= 0.6 is 0 Å². The van der Waals surface area contributed by atoms with Gasteiger partial charge in [-0.25, -0.2) is 4.79 Å². The van der Waals surface area contributed by atoms with Crippen LogP contribution in [0, 0.1) is 18.3 Å². The predicted molar refractivity (Wildman–Crippen MR) is 83.8 cm³/mol. The lowest BCUT2D eigenvalue weighted by molar-refractivity contribution is 0.0600. The van der Waals surface area contributed by atoms with Gasteiger partial charge in [0.2, 0.25) is 11.7 Å². The molecule has 0 fully saturated rings. The zero-order chi connectivity index (χ0) is 17.1. The minimum atomic E-state index is -0.461. The highest BCUT2D eigenvalue weighted by molar-refractivity contribution is 5.89. The van der Waals surface area contributed by atoms with Gasteiger partial charge in [0, 0.05) is 24.2 Å². The summed E-state index contributed by atoms with van der Waals surface area (Å²) in [6, 6.07) is 10.6. The van der Waals surface area contributed by atoms with E-state index < -0.39 is 5.97 Å². The number of nitrogens with zero attached hydrogens (tertiary/aromatic N) is 4. The molecule has 0 saturated heterocycles. The van der Waals surface area contributed by atoms with Gasteiger partial charge in [-0.1, -0.05) is 17.3 Å². The number of carbonyl (C=O) groups excluding carboxylic acids is 1. The summed E-state index contributed by atoms with van der Waals surface area (Å²) in [5.41, 5.74) is 2.68. The van der Waals surface area contributed by atoms with Gasteiger partial charge in [-0.05, 0) is 18.2 Å². The number of aromatic nitrogens is 3. The molecule has 0 amide bonds. The maximum Gasteiger partial charge on any atom is 0.339 e. The summed E-state index contributed by atoms with van der Waals surface area (Å²) in [5, 5.41) is 13.3. The van der Waals surface area contributed by atoms with Crippen LogP contribution in [0.25, 0.3) is 22.6 Å². The molecule has 3 aromatic rings. The monoisotopic (exact) mass is 320 g/mol. The van der Waals surface area contributed by atoms with Crippen molar-refractivity contribution in [2.24, 2.45) is 0 Å². The molecule has 0 bridgehead atoms. The number of hydrogen-bond acceptors (Lipinski definition) is 7. The standard InChI is InChI=1S/C17H12N4O3/c1-10-20-16(21-24-10)11-3-5-14(13(7-11)8-18)15-6-4-12(9-19-15)17(22)23-2/h3-7,9H,1-2H3. The SMILES string of the molecule is COC(=O)c1ccc(-c2ccc(-c3noc(C)n3)cc2C#N)nc1. The highest BCUT2D eigenvalue weighted by Gasteiger charge is 2.13. The molecular weight excluding hydrogens is 308 g/mol. The number of esters is 1. The van der Waals surface area contributed by atoms with Gasteiger partial charge in [0.05, 0.1) is 30.0 Å².